The molecule has 1 aromatic carbocycles. The summed E-state index contributed by atoms with van der Waals surface area (Å²) in [4.78, 5) is 23.2. The smallest absolute Gasteiger partial charge is 0.251 e. The van der Waals surface area contributed by atoms with Gasteiger partial charge in [-0.25, -0.2) is 0 Å². The first kappa shape index (κ1) is 19.0. The Bertz CT molecular complexity index is 496. The van der Waals surface area contributed by atoms with Crippen molar-refractivity contribution in [2.45, 2.75) is 52.5 Å². The van der Waals surface area contributed by atoms with Gasteiger partial charge in [-0.2, -0.15) is 0 Å². The lowest BCUT2D eigenvalue weighted by molar-refractivity contribution is -0.308. The average molecular weight is 320 g/mol. The minimum Gasteiger partial charge on any atom is -0.548 e. The van der Waals surface area contributed by atoms with Crippen LogP contribution in [0.2, 0.25) is 0 Å². The summed E-state index contributed by atoms with van der Waals surface area (Å²) in [6, 6.07) is 5.72. The van der Waals surface area contributed by atoms with Crippen LogP contribution in [0.5, 0.6) is 5.75 Å². The molecule has 0 saturated carbocycles. The van der Waals surface area contributed by atoms with Gasteiger partial charge in [-0.05, 0) is 43.0 Å². The second kappa shape index (κ2) is 9.87. The molecular formula is C18H26NO4-. The van der Waals surface area contributed by atoms with E-state index >= 15 is 0 Å². The summed E-state index contributed by atoms with van der Waals surface area (Å²) in [7, 11) is 0. The molecule has 0 fully saturated rings. The number of hydrogen-bond donors (Lipinski definition) is 1. The monoisotopic (exact) mass is 320 g/mol. The Hall–Kier alpha value is -2.04. The molecule has 23 heavy (non-hydrogen) atoms. The number of carbonyl (C=O) groups excluding carboxylic acids is 2. The molecule has 1 N–H and O–H groups in total. The van der Waals surface area contributed by atoms with Crippen molar-refractivity contribution in [3.63, 3.8) is 0 Å². The molecule has 0 radical (unpaired) electrons. The molecule has 0 heterocycles. The first-order valence-corrected chi connectivity index (χ1v) is 8.18. The third kappa shape index (κ3) is 7.17. The number of rotatable bonds is 10. The molecule has 0 unspecified atom stereocenters. The molecular weight excluding hydrogens is 294 g/mol. The van der Waals surface area contributed by atoms with Gasteiger partial charge in [0.1, 0.15) is 5.75 Å². The number of unbranched alkanes of at least 4 members (excludes halogenated alkanes) is 2. The van der Waals surface area contributed by atoms with E-state index < -0.39 is 17.9 Å². The van der Waals surface area contributed by atoms with Crippen molar-refractivity contribution < 1.29 is 19.4 Å². The molecule has 0 bridgehead atoms. The van der Waals surface area contributed by atoms with Crippen LogP contribution in [0.1, 0.15) is 56.8 Å². The van der Waals surface area contributed by atoms with Gasteiger partial charge in [0, 0.05) is 5.56 Å². The van der Waals surface area contributed by atoms with Crippen molar-refractivity contribution in [2.75, 3.05) is 6.61 Å². The SMILES string of the molecule is CCCCCOc1ccc(C(=O)N[C@H](CC(C)C)C(=O)[O-])cc1. The van der Waals surface area contributed by atoms with Crippen LogP contribution in [-0.2, 0) is 4.79 Å². The molecule has 1 rings (SSSR count). The van der Waals surface area contributed by atoms with Crippen molar-refractivity contribution in [1.82, 2.24) is 5.32 Å². The molecule has 0 aromatic heterocycles. The zero-order valence-electron chi connectivity index (χ0n) is 14.1. The van der Waals surface area contributed by atoms with Gasteiger partial charge in [-0.15, -0.1) is 0 Å². The van der Waals surface area contributed by atoms with E-state index in [-0.39, 0.29) is 5.92 Å². The molecule has 1 amide bonds. The van der Waals surface area contributed by atoms with Crippen molar-refractivity contribution in [1.29, 1.82) is 0 Å². The Morgan fingerprint density at radius 1 is 1.17 bits per heavy atom. The standard InChI is InChI=1S/C18H27NO4/c1-4-5-6-11-23-15-9-7-14(8-10-15)17(20)19-16(18(21)22)12-13(2)3/h7-10,13,16H,4-6,11-12H2,1-3H3,(H,19,20)(H,21,22)/p-1/t16-/m1/s1. The number of carboxylic acid groups (broad SMARTS) is 1. The summed E-state index contributed by atoms with van der Waals surface area (Å²) in [5.41, 5.74) is 0.404. The predicted molar refractivity (Wildman–Crippen MR) is 87.2 cm³/mol. The van der Waals surface area contributed by atoms with E-state index in [1.54, 1.807) is 24.3 Å². The van der Waals surface area contributed by atoms with E-state index in [0.717, 1.165) is 19.3 Å². The van der Waals surface area contributed by atoms with E-state index in [4.69, 9.17) is 4.74 Å². The summed E-state index contributed by atoms with van der Waals surface area (Å²) >= 11 is 0. The highest BCUT2D eigenvalue weighted by molar-refractivity contribution is 5.96. The quantitative estimate of drug-likeness (QED) is 0.670. The molecule has 128 valence electrons. The lowest BCUT2D eigenvalue weighted by Crippen LogP contribution is -2.48. The molecule has 1 atom stereocenters. The molecule has 0 saturated heterocycles. The maximum atomic E-state index is 12.1. The van der Waals surface area contributed by atoms with Crippen LogP contribution in [0.15, 0.2) is 24.3 Å². The van der Waals surface area contributed by atoms with Crippen LogP contribution in [0.25, 0.3) is 0 Å². The number of amides is 1. The average Bonchev–Trinajstić information content (AvgIpc) is 2.51. The molecule has 0 aliphatic heterocycles. The minimum absolute atomic E-state index is 0.150. The highest BCUT2D eigenvalue weighted by Crippen LogP contribution is 2.13. The summed E-state index contributed by atoms with van der Waals surface area (Å²) < 4.78 is 5.58. The minimum atomic E-state index is -1.26. The van der Waals surface area contributed by atoms with E-state index in [1.165, 1.54) is 0 Å². The Balaban J connectivity index is 2.57. The fourth-order valence-corrected chi connectivity index (χ4v) is 2.17. The molecule has 0 aliphatic carbocycles. The topological polar surface area (TPSA) is 78.5 Å². The fourth-order valence-electron chi connectivity index (χ4n) is 2.17. The fraction of sp³-hybridized carbons (Fsp3) is 0.556. The number of carbonyl (C=O) groups is 2. The number of nitrogens with one attached hydrogen (secondary N) is 1. The van der Waals surface area contributed by atoms with E-state index in [0.29, 0.717) is 24.3 Å². The third-order valence-corrected chi connectivity index (χ3v) is 3.43. The summed E-state index contributed by atoms with van der Waals surface area (Å²) in [5, 5.41) is 13.6. The molecule has 1 aromatic rings. The normalized spacial score (nSPS) is 12.0. The largest absolute Gasteiger partial charge is 0.548 e. The maximum absolute atomic E-state index is 12.1. The Morgan fingerprint density at radius 3 is 2.35 bits per heavy atom. The van der Waals surface area contributed by atoms with Crippen molar-refractivity contribution in [3.05, 3.63) is 29.8 Å². The first-order chi connectivity index (χ1) is 10.9. The number of aliphatic carboxylic acids is 1. The van der Waals surface area contributed by atoms with Gasteiger partial charge in [-0.1, -0.05) is 33.6 Å². The van der Waals surface area contributed by atoms with Gasteiger partial charge < -0.3 is 20.0 Å². The van der Waals surface area contributed by atoms with E-state index in [9.17, 15) is 14.7 Å². The van der Waals surface area contributed by atoms with Crippen LogP contribution in [0.4, 0.5) is 0 Å². The van der Waals surface area contributed by atoms with Gasteiger partial charge in [0.2, 0.25) is 0 Å². The Morgan fingerprint density at radius 2 is 1.83 bits per heavy atom. The summed E-state index contributed by atoms with van der Waals surface area (Å²) in [6.45, 7) is 6.58. The van der Waals surface area contributed by atoms with Gasteiger partial charge in [-0.3, -0.25) is 4.79 Å². The zero-order chi connectivity index (χ0) is 17.2. The van der Waals surface area contributed by atoms with Crippen LogP contribution in [0.3, 0.4) is 0 Å². The molecule has 5 nitrogen and oxygen atoms in total. The van der Waals surface area contributed by atoms with Gasteiger partial charge in [0.05, 0.1) is 18.6 Å². The van der Waals surface area contributed by atoms with Crippen LogP contribution in [0, 0.1) is 5.92 Å². The van der Waals surface area contributed by atoms with Gasteiger partial charge in [0.15, 0.2) is 0 Å². The maximum Gasteiger partial charge on any atom is 0.251 e. The van der Waals surface area contributed by atoms with Crippen molar-refractivity contribution in [3.8, 4) is 5.75 Å². The van der Waals surface area contributed by atoms with E-state index in [1.807, 2.05) is 13.8 Å². The van der Waals surface area contributed by atoms with Crippen LogP contribution >= 0.6 is 0 Å². The third-order valence-electron chi connectivity index (χ3n) is 3.43. The van der Waals surface area contributed by atoms with Crippen molar-refractivity contribution >= 4 is 11.9 Å². The second-order valence-electron chi connectivity index (χ2n) is 6.05. The number of benzene rings is 1. The van der Waals surface area contributed by atoms with E-state index in [2.05, 4.69) is 12.2 Å². The number of hydrogen-bond acceptors (Lipinski definition) is 4. The lowest BCUT2D eigenvalue weighted by Gasteiger charge is -2.21. The predicted octanol–water partition coefficient (Wildman–Crippen LogP) is 2.15. The molecule has 0 spiro atoms. The lowest BCUT2D eigenvalue weighted by atomic mass is 10.0. The number of carboxylic acids is 1. The highest BCUT2D eigenvalue weighted by Gasteiger charge is 2.16. The summed E-state index contributed by atoms with van der Waals surface area (Å²) in [6.07, 6.45) is 3.60. The Kier molecular flexibility index (Phi) is 8.16. The number of ether oxygens (including phenoxy) is 1. The van der Waals surface area contributed by atoms with Gasteiger partial charge >= 0.3 is 0 Å². The highest BCUT2D eigenvalue weighted by atomic mass is 16.5. The van der Waals surface area contributed by atoms with Gasteiger partial charge in [0.25, 0.3) is 5.91 Å². The van der Waals surface area contributed by atoms with Crippen LogP contribution in [-0.4, -0.2) is 24.5 Å². The Labute approximate surface area is 138 Å². The van der Waals surface area contributed by atoms with Crippen LogP contribution < -0.4 is 15.2 Å². The second-order valence-corrected chi connectivity index (χ2v) is 6.05. The summed E-state index contributed by atoms with van der Waals surface area (Å²) in [5.74, 6) is -0.825. The zero-order valence-corrected chi connectivity index (χ0v) is 14.1. The first-order valence-electron chi connectivity index (χ1n) is 8.18. The molecule has 0 aliphatic rings. The van der Waals surface area contributed by atoms with Crippen molar-refractivity contribution in [2.24, 2.45) is 5.92 Å². The molecule has 5 heteroatoms.